The first-order valence-electron chi connectivity index (χ1n) is 7.50. The standard InChI is InChI=1S/C16H24N2O3.ClH/c1-4-20-14-5-7-15(8-6-14)21-11-16(19)18-10-9-17-12(2)13(18)3;/h5-8,12-13,17H,4,9-11H2,1-3H3;1H. The second kappa shape index (κ2) is 8.86. The van der Waals surface area contributed by atoms with Crippen molar-refractivity contribution >= 4 is 18.3 Å². The Morgan fingerprint density at radius 3 is 2.41 bits per heavy atom. The van der Waals surface area contributed by atoms with Gasteiger partial charge in [0.05, 0.1) is 6.61 Å². The Morgan fingerprint density at radius 1 is 1.23 bits per heavy atom. The van der Waals surface area contributed by atoms with E-state index in [1.54, 1.807) is 0 Å². The fraction of sp³-hybridized carbons (Fsp3) is 0.562. The van der Waals surface area contributed by atoms with E-state index in [2.05, 4.69) is 19.2 Å². The van der Waals surface area contributed by atoms with Crippen LogP contribution in [-0.4, -0.2) is 49.2 Å². The number of nitrogens with zero attached hydrogens (tertiary/aromatic N) is 1. The van der Waals surface area contributed by atoms with Gasteiger partial charge in [0.1, 0.15) is 11.5 Å². The van der Waals surface area contributed by atoms with Gasteiger partial charge in [0.25, 0.3) is 5.91 Å². The molecule has 22 heavy (non-hydrogen) atoms. The molecule has 2 rings (SSSR count). The summed E-state index contributed by atoms with van der Waals surface area (Å²) in [6.07, 6.45) is 0. The Bertz CT molecular complexity index is 467. The molecule has 2 unspecified atom stereocenters. The van der Waals surface area contributed by atoms with Gasteiger partial charge < -0.3 is 19.7 Å². The SMILES string of the molecule is CCOc1ccc(OCC(=O)N2CCNC(C)C2C)cc1.Cl. The number of hydrogen-bond donors (Lipinski definition) is 1. The molecular weight excluding hydrogens is 304 g/mol. The van der Waals surface area contributed by atoms with Gasteiger partial charge in [0.15, 0.2) is 6.61 Å². The summed E-state index contributed by atoms with van der Waals surface area (Å²) in [5.74, 6) is 1.52. The highest BCUT2D eigenvalue weighted by Crippen LogP contribution is 2.18. The van der Waals surface area contributed by atoms with Crippen LogP contribution in [0.3, 0.4) is 0 Å². The van der Waals surface area contributed by atoms with Crippen LogP contribution in [0.25, 0.3) is 0 Å². The molecule has 1 aliphatic rings. The molecule has 1 fully saturated rings. The zero-order valence-corrected chi connectivity index (χ0v) is 14.2. The number of benzene rings is 1. The molecule has 0 aliphatic carbocycles. The number of ether oxygens (including phenoxy) is 2. The highest BCUT2D eigenvalue weighted by atomic mass is 35.5. The third-order valence-electron chi connectivity index (χ3n) is 3.85. The largest absolute Gasteiger partial charge is 0.494 e. The lowest BCUT2D eigenvalue weighted by Gasteiger charge is -2.38. The number of hydrogen-bond acceptors (Lipinski definition) is 4. The topological polar surface area (TPSA) is 50.8 Å². The van der Waals surface area contributed by atoms with Crippen molar-refractivity contribution in [3.05, 3.63) is 24.3 Å². The maximum absolute atomic E-state index is 12.2. The molecule has 0 spiro atoms. The third-order valence-corrected chi connectivity index (χ3v) is 3.85. The van der Waals surface area contributed by atoms with Crippen LogP contribution in [0, 0.1) is 0 Å². The minimum atomic E-state index is 0. The lowest BCUT2D eigenvalue weighted by molar-refractivity contribution is -0.137. The predicted octanol–water partition coefficient (Wildman–Crippen LogP) is 2.09. The summed E-state index contributed by atoms with van der Waals surface area (Å²) in [4.78, 5) is 14.1. The van der Waals surface area contributed by atoms with Gasteiger partial charge in [-0.1, -0.05) is 0 Å². The number of piperazine rings is 1. The molecule has 1 aromatic rings. The maximum Gasteiger partial charge on any atom is 0.260 e. The first-order valence-corrected chi connectivity index (χ1v) is 7.50. The smallest absolute Gasteiger partial charge is 0.260 e. The third kappa shape index (κ3) is 4.78. The Labute approximate surface area is 138 Å². The van der Waals surface area contributed by atoms with E-state index in [4.69, 9.17) is 9.47 Å². The lowest BCUT2D eigenvalue weighted by atomic mass is 10.1. The summed E-state index contributed by atoms with van der Waals surface area (Å²) in [6.45, 7) is 8.38. The Morgan fingerprint density at radius 2 is 1.82 bits per heavy atom. The fourth-order valence-electron chi connectivity index (χ4n) is 2.44. The molecule has 1 aromatic carbocycles. The predicted molar refractivity (Wildman–Crippen MR) is 89.0 cm³/mol. The Hall–Kier alpha value is -1.46. The summed E-state index contributed by atoms with van der Waals surface area (Å²) in [6, 6.07) is 7.84. The molecule has 1 aliphatic heterocycles. The van der Waals surface area contributed by atoms with Crippen LogP contribution in [-0.2, 0) is 4.79 Å². The van der Waals surface area contributed by atoms with E-state index < -0.39 is 0 Å². The molecular formula is C16H25ClN2O3. The number of rotatable bonds is 5. The maximum atomic E-state index is 12.2. The molecule has 1 amide bonds. The van der Waals surface area contributed by atoms with Crippen molar-refractivity contribution in [3.63, 3.8) is 0 Å². The molecule has 6 heteroatoms. The first kappa shape index (κ1) is 18.6. The van der Waals surface area contributed by atoms with Gasteiger partial charge in [-0.2, -0.15) is 0 Å². The minimum absolute atomic E-state index is 0. The first-order chi connectivity index (χ1) is 10.1. The summed E-state index contributed by atoms with van der Waals surface area (Å²) in [5.41, 5.74) is 0. The fourth-order valence-corrected chi connectivity index (χ4v) is 2.44. The monoisotopic (exact) mass is 328 g/mol. The second-order valence-corrected chi connectivity index (χ2v) is 5.26. The average molecular weight is 329 g/mol. The highest BCUT2D eigenvalue weighted by molar-refractivity contribution is 5.85. The van der Waals surface area contributed by atoms with E-state index in [1.165, 1.54) is 0 Å². The number of amides is 1. The summed E-state index contributed by atoms with van der Waals surface area (Å²) in [5, 5.41) is 3.36. The number of halogens is 1. The normalized spacial score (nSPS) is 21.0. The van der Waals surface area contributed by atoms with E-state index >= 15 is 0 Å². The average Bonchev–Trinajstić information content (AvgIpc) is 2.49. The van der Waals surface area contributed by atoms with Crippen molar-refractivity contribution in [3.8, 4) is 11.5 Å². The molecule has 0 aromatic heterocycles. The van der Waals surface area contributed by atoms with Crippen LogP contribution in [0.2, 0.25) is 0 Å². The van der Waals surface area contributed by atoms with Crippen molar-refractivity contribution in [2.24, 2.45) is 0 Å². The molecule has 0 radical (unpaired) electrons. The van der Waals surface area contributed by atoms with E-state index in [0.29, 0.717) is 18.4 Å². The van der Waals surface area contributed by atoms with Crippen molar-refractivity contribution in [1.82, 2.24) is 10.2 Å². The van der Waals surface area contributed by atoms with Crippen LogP contribution in [0.4, 0.5) is 0 Å². The van der Waals surface area contributed by atoms with Gasteiger partial charge in [-0.25, -0.2) is 0 Å². The molecule has 0 saturated carbocycles. The summed E-state index contributed by atoms with van der Waals surface area (Å²) in [7, 11) is 0. The molecule has 1 N–H and O–H groups in total. The van der Waals surface area contributed by atoms with E-state index in [-0.39, 0.29) is 31.0 Å². The van der Waals surface area contributed by atoms with Crippen LogP contribution in [0.15, 0.2) is 24.3 Å². The molecule has 2 atom stereocenters. The quantitative estimate of drug-likeness (QED) is 0.899. The van der Waals surface area contributed by atoms with E-state index in [1.807, 2.05) is 36.1 Å². The van der Waals surface area contributed by atoms with Crippen molar-refractivity contribution in [1.29, 1.82) is 0 Å². The minimum Gasteiger partial charge on any atom is -0.494 e. The number of nitrogens with one attached hydrogen (secondary N) is 1. The summed E-state index contributed by atoms with van der Waals surface area (Å²) < 4.78 is 10.9. The van der Waals surface area contributed by atoms with Crippen molar-refractivity contribution < 1.29 is 14.3 Å². The van der Waals surface area contributed by atoms with Crippen molar-refractivity contribution in [2.75, 3.05) is 26.3 Å². The lowest BCUT2D eigenvalue weighted by Crippen LogP contribution is -2.58. The van der Waals surface area contributed by atoms with Gasteiger partial charge >= 0.3 is 0 Å². The van der Waals surface area contributed by atoms with Crippen LogP contribution < -0.4 is 14.8 Å². The molecule has 0 bridgehead atoms. The summed E-state index contributed by atoms with van der Waals surface area (Å²) >= 11 is 0. The Kier molecular flexibility index (Phi) is 7.48. The van der Waals surface area contributed by atoms with Crippen LogP contribution in [0.1, 0.15) is 20.8 Å². The molecule has 1 saturated heterocycles. The Balaban J connectivity index is 0.00000242. The van der Waals surface area contributed by atoms with Gasteiger partial charge in [0, 0.05) is 25.2 Å². The number of carbonyl (C=O) groups is 1. The molecule has 1 heterocycles. The number of carbonyl (C=O) groups excluding carboxylic acids is 1. The van der Waals surface area contributed by atoms with E-state index in [0.717, 1.165) is 18.8 Å². The van der Waals surface area contributed by atoms with Gasteiger partial charge in [-0.15, -0.1) is 12.4 Å². The van der Waals surface area contributed by atoms with Crippen LogP contribution >= 0.6 is 12.4 Å². The van der Waals surface area contributed by atoms with Crippen molar-refractivity contribution in [2.45, 2.75) is 32.9 Å². The second-order valence-electron chi connectivity index (χ2n) is 5.26. The zero-order valence-electron chi connectivity index (χ0n) is 13.4. The van der Waals surface area contributed by atoms with Crippen LogP contribution in [0.5, 0.6) is 11.5 Å². The molecule has 5 nitrogen and oxygen atoms in total. The van der Waals surface area contributed by atoms with Gasteiger partial charge in [-0.05, 0) is 45.0 Å². The zero-order chi connectivity index (χ0) is 15.2. The van der Waals surface area contributed by atoms with Gasteiger partial charge in [0.2, 0.25) is 0 Å². The highest BCUT2D eigenvalue weighted by Gasteiger charge is 2.28. The molecule has 124 valence electrons. The van der Waals surface area contributed by atoms with Gasteiger partial charge in [-0.3, -0.25) is 4.79 Å². The van der Waals surface area contributed by atoms with E-state index in [9.17, 15) is 4.79 Å².